The average Bonchev–Trinajstić information content (AvgIpc) is 2.56. The largest absolute Gasteiger partial charge is 0.366 e. The van der Waals surface area contributed by atoms with E-state index in [0.717, 1.165) is 24.1 Å². The molecule has 2 fully saturated rings. The molecular formula is C22H34N2O. The van der Waals surface area contributed by atoms with Gasteiger partial charge in [0.1, 0.15) is 0 Å². The van der Waals surface area contributed by atoms with Gasteiger partial charge in [-0.25, -0.2) is 0 Å². The molecule has 1 atom stereocenters. The third-order valence-corrected chi connectivity index (χ3v) is 6.41. The molecular weight excluding hydrogens is 308 g/mol. The monoisotopic (exact) mass is 342 g/mol. The van der Waals surface area contributed by atoms with Crippen molar-refractivity contribution >= 4 is 5.91 Å². The lowest BCUT2D eigenvalue weighted by atomic mass is 9.68. The standard InChI is InChI=1S/C22H34N2O/c23-21(25)19-14-8-9-15-20(19)22(16-10-4-5-11-17-24-22)18-12-6-2-1-3-7-13-18/h8-9,14-15,18,24H,1-7,10-13,16-17H2,(H2,23,25). The first-order chi connectivity index (χ1) is 12.2. The van der Waals surface area contributed by atoms with Crippen molar-refractivity contribution in [2.24, 2.45) is 11.7 Å². The van der Waals surface area contributed by atoms with Gasteiger partial charge in [-0.1, -0.05) is 69.6 Å². The van der Waals surface area contributed by atoms with Crippen LogP contribution in [-0.2, 0) is 5.54 Å². The molecule has 3 nitrogen and oxygen atoms in total. The fraction of sp³-hybridized carbons (Fsp3) is 0.682. The Morgan fingerprint density at radius 1 is 0.920 bits per heavy atom. The van der Waals surface area contributed by atoms with Crippen molar-refractivity contribution in [3.8, 4) is 0 Å². The molecule has 1 unspecified atom stereocenters. The minimum absolute atomic E-state index is 0.0800. The second-order valence-electron chi connectivity index (χ2n) is 8.01. The lowest BCUT2D eigenvalue weighted by molar-refractivity contribution is 0.0987. The minimum atomic E-state index is -0.287. The Labute approximate surface area is 152 Å². The predicted octanol–water partition coefficient (Wildman–Crippen LogP) is 4.90. The summed E-state index contributed by atoms with van der Waals surface area (Å²) in [7, 11) is 0. The average molecular weight is 343 g/mol. The van der Waals surface area contributed by atoms with Crippen LogP contribution in [0.4, 0.5) is 0 Å². The second kappa shape index (κ2) is 8.84. The maximum atomic E-state index is 12.2. The fourth-order valence-electron chi connectivity index (χ4n) is 5.12. The van der Waals surface area contributed by atoms with Gasteiger partial charge in [-0.05, 0) is 49.8 Å². The lowest BCUT2D eigenvalue weighted by Gasteiger charge is -2.45. The Morgan fingerprint density at radius 3 is 2.32 bits per heavy atom. The van der Waals surface area contributed by atoms with Gasteiger partial charge in [-0.2, -0.15) is 0 Å². The molecule has 1 aliphatic heterocycles. The van der Waals surface area contributed by atoms with E-state index in [-0.39, 0.29) is 11.4 Å². The molecule has 1 aromatic carbocycles. The van der Waals surface area contributed by atoms with Gasteiger partial charge in [0, 0.05) is 11.1 Å². The van der Waals surface area contributed by atoms with E-state index in [2.05, 4.69) is 17.4 Å². The first-order valence-corrected chi connectivity index (χ1v) is 10.4. The van der Waals surface area contributed by atoms with Gasteiger partial charge in [0.25, 0.3) is 0 Å². The number of benzene rings is 1. The quantitative estimate of drug-likeness (QED) is 0.821. The highest BCUT2D eigenvalue weighted by molar-refractivity contribution is 5.94. The van der Waals surface area contributed by atoms with E-state index < -0.39 is 0 Å². The van der Waals surface area contributed by atoms with Crippen molar-refractivity contribution in [1.29, 1.82) is 0 Å². The van der Waals surface area contributed by atoms with E-state index in [9.17, 15) is 4.79 Å². The normalized spacial score (nSPS) is 26.9. The summed E-state index contributed by atoms with van der Waals surface area (Å²) in [5.41, 5.74) is 7.57. The van der Waals surface area contributed by atoms with Gasteiger partial charge in [-0.3, -0.25) is 4.79 Å². The van der Waals surface area contributed by atoms with Crippen molar-refractivity contribution in [2.75, 3.05) is 6.54 Å². The maximum absolute atomic E-state index is 12.2. The predicted molar refractivity (Wildman–Crippen MR) is 104 cm³/mol. The van der Waals surface area contributed by atoms with Crippen molar-refractivity contribution in [2.45, 2.75) is 82.6 Å². The number of hydrogen-bond donors (Lipinski definition) is 2. The van der Waals surface area contributed by atoms with Crippen LogP contribution in [0.15, 0.2) is 24.3 Å². The number of nitrogens with two attached hydrogens (primary N) is 1. The number of amides is 1. The molecule has 3 heteroatoms. The molecule has 1 heterocycles. The first kappa shape index (κ1) is 18.4. The Hall–Kier alpha value is -1.35. The van der Waals surface area contributed by atoms with E-state index in [1.54, 1.807) is 0 Å². The summed E-state index contributed by atoms with van der Waals surface area (Å²) in [4.78, 5) is 12.2. The summed E-state index contributed by atoms with van der Waals surface area (Å²) in [5.74, 6) is 0.316. The maximum Gasteiger partial charge on any atom is 0.249 e. The van der Waals surface area contributed by atoms with E-state index in [4.69, 9.17) is 5.73 Å². The third kappa shape index (κ3) is 4.25. The zero-order chi connectivity index (χ0) is 17.5. The highest BCUT2D eigenvalue weighted by Gasteiger charge is 2.41. The van der Waals surface area contributed by atoms with Crippen LogP contribution in [0.1, 0.15) is 93.0 Å². The number of carbonyl (C=O) groups is 1. The number of primary amides is 1. The zero-order valence-electron chi connectivity index (χ0n) is 15.6. The highest BCUT2D eigenvalue weighted by Crippen LogP contribution is 2.43. The molecule has 138 valence electrons. The minimum Gasteiger partial charge on any atom is -0.366 e. The van der Waals surface area contributed by atoms with Gasteiger partial charge in [-0.15, -0.1) is 0 Å². The molecule has 1 saturated carbocycles. The second-order valence-corrected chi connectivity index (χ2v) is 8.01. The molecule has 25 heavy (non-hydrogen) atoms. The van der Waals surface area contributed by atoms with Crippen molar-refractivity contribution in [1.82, 2.24) is 5.32 Å². The number of nitrogens with one attached hydrogen (secondary N) is 1. The van der Waals surface area contributed by atoms with Crippen molar-refractivity contribution < 1.29 is 4.79 Å². The Morgan fingerprint density at radius 2 is 1.56 bits per heavy atom. The van der Waals surface area contributed by atoms with Crippen LogP contribution in [0.2, 0.25) is 0 Å². The van der Waals surface area contributed by atoms with Gasteiger partial charge < -0.3 is 11.1 Å². The van der Waals surface area contributed by atoms with Gasteiger partial charge in [0.15, 0.2) is 0 Å². The summed E-state index contributed by atoms with van der Waals surface area (Å²) >= 11 is 0. The summed E-state index contributed by atoms with van der Waals surface area (Å²) < 4.78 is 0. The zero-order valence-corrected chi connectivity index (χ0v) is 15.6. The van der Waals surface area contributed by atoms with Crippen LogP contribution >= 0.6 is 0 Å². The van der Waals surface area contributed by atoms with Crippen molar-refractivity contribution in [3.63, 3.8) is 0 Å². The number of carbonyl (C=O) groups excluding carboxylic acids is 1. The summed E-state index contributed by atoms with van der Waals surface area (Å²) in [6.45, 7) is 1.05. The number of rotatable bonds is 3. The Kier molecular flexibility index (Phi) is 6.52. The lowest BCUT2D eigenvalue weighted by Crippen LogP contribution is -2.50. The molecule has 1 aliphatic carbocycles. The van der Waals surface area contributed by atoms with E-state index >= 15 is 0 Å². The van der Waals surface area contributed by atoms with Crippen LogP contribution in [0.25, 0.3) is 0 Å². The van der Waals surface area contributed by atoms with Crippen LogP contribution in [0.3, 0.4) is 0 Å². The first-order valence-electron chi connectivity index (χ1n) is 10.4. The van der Waals surface area contributed by atoms with Crippen molar-refractivity contribution in [3.05, 3.63) is 35.4 Å². The Bertz CT molecular complexity index is 553. The molecule has 2 aliphatic rings. The molecule has 0 bridgehead atoms. The van der Waals surface area contributed by atoms with Crippen LogP contribution in [-0.4, -0.2) is 12.5 Å². The number of hydrogen-bond acceptors (Lipinski definition) is 2. The summed E-state index contributed by atoms with van der Waals surface area (Å²) in [5, 5.41) is 3.96. The van der Waals surface area contributed by atoms with Crippen LogP contribution in [0.5, 0.6) is 0 Å². The molecule has 0 aromatic heterocycles. The SMILES string of the molecule is NC(=O)c1ccccc1C1(C2CCCCCCC2)CCCCCCN1. The van der Waals surface area contributed by atoms with Gasteiger partial charge in [0.2, 0.25) is 5.91 Å². The molecule has 3 N–H and O–H groups in total. The molecule has 1 aromatic rings. The van der Waals surface area contributed by atoms with Gasteiger partial charge in [0.05, 0.1) is 0 Å². The fourth-order valence-corrected chi connectivity index (χ4v) is 5.12. The third-order valence-electron chi connectivity index (χ3n) is 6.41. The van der Waals surface area contributed by atoms with Crippen LogP contribution < -0.4 is 11.1 Å². The highest BCUT2D eigenvalue weighted by atomic mass is 16.1. The molecule has 0 radical (unpaired) electrons. The smallest absolute Gasteiger partial charge is 0.249 e. The molecule has 1 amide bonds. The molecule has 1 saturated heterocycles. The van der Waals surface area contributed by atoms with E-state index in [0.29, 0.717) is 5.92 Å². The van der Waals surface area contributed by atoms with E-state index in [1.165, 1.54) is 70.6 Å². The summed E-state index contributed by atoms with van der Waals surface area (Å²) in [6.07, 6.45) is 15.4. The summed E-state index contributed by atoms with van der Waals surface area (Å²) in [6, 6.07) is 8.10. The van der Waals surface area contributed by atoms with Gasteiger partial charge >= 0.3 is 0 Å². The van der Waals surface area contributed by atoms with Crippen LogP contribution in [0, 0.1) is 5.92 Å². The Balaban J connectivity index is 2.02. The molecule has 0 spiro atoms. The van der Waals surface area contributed by atoms with E-state index in [1.807, 2.05) is 12.1 Å². The topological polar surface area (TPSA) is 55.1 Å². The molecule has 3 rings (SSSR count).